The Morgan fingerprint density at radius 3 is 2.71 bits per heavy atom. The number of aromatic nitrogens is 3. The van der Waals surface area contributed by atoms with Gasteiger partial charge in [-0.15, -0.1) is 10.2 Å². The quantitative estimate of drug-likeness (QED) is 0.660. The van der Waals surface area contributed by atoms with Crippen molar-refractivity contribution in [1.29, 1.82) is 0 Å². The first-order valence-corrected chi connectivity index (χ1v) is 7.77. The van der Waals surface area contributed by atoms with Crippen LogP contribution in [-0.4, -0.2) is 14.8 Å². The molecule has 3 rings (SSSR count). The van der Waals surface area contributed by atoms with Gasteiger partial charge >= 0.3 is 0 Å². The highest BCUT2D eigenvalue weighted by Gasteiger charge is 2.17. The zero-order valence-corrected chi connectivity index (χ0v) is 13.2. The number of hydrogen-bond acceptors (Lipinski definition) is 4. The van der Waals surface area contributed by atoms with Gasteiger partial charge in [0.25, 0.3) is 0 Å². The lowest BCUT2D eigenvalue weighted by Gasteiger charge is -2.12. The van der Waals surface area contributed by atoms with Crippen molar-refractivity contribution in [3.8, 4) is 11.6 Å². The van der Waals surface area contributed by atoms with Crippen LogP contribution in [0, 0.1) is 0 Å². The monoisotopic (exact) mass is 319 g/mol. The van der Waals surface area contributed by atoms with E-state index in [2.05, 4.69) is 17.1 Å². The molecule has 0 amide bonds. The molecule has 2 heterocycles. The second-order valence-corrected chi connectivity index (χ2v) is 6.34. The molecule has 1 aromatic carbocycles. The van der Waals surface area contributed by atoms with Gasteiger partial charge < -0.3 is 8.98 Å². The third kappa shape index (κ3) is 2.84. The summed E-state index contributed by atoms with van der Waals surface area (Å²) in [6, 6.07) is 11.6. The van der Waals surface area contributed by atoms with E-state index in [-0.39, 0.29) is 5.25 Å². The summed E-state index contributed by atoms with van der Waals surface area (Å²) in [6.45, 7) is 2.10. The minimum Gasteiger partial charge on any atom is -0.461 e. The second-order valence-electron chi connectivity index (χ2n) is 4.62. The van der Waals surface area contributed by atoms with E-state index in [4.69, 9.17) is 16.0 Å². The smallest absolute Gasteiger partial charge is 0.200 e. The molecule has 0 aliphatic rings. The van der Waals surface area contributed by atoms with Gasteiger partial charge in [-0.1, -0.05) is 41.6 Å². The van der Waals surface area contributed by atoms with E-state index in [1.807, 2.05) is 48.0 Å². The Balaban J connectivity index is 1.85. The summed E-state index contributed by atoms with van der Waals surface area (Å²) >= 11 is 7.86. The standard InChI is InChI=1S/C15H14ClN3OS/c1-10(11-6-3-4-7-12(11)16)21-15-18-17-14(19(15)2)13-8-5-9-20-13/h3-10H,1-2H3/t10-/m1/s1. The lowest BCUT2D eigenvalue weighted by molar-refractivity contribution is 0.572. The van der Waals surface area contributed by atoms with Gasteiger partial charge in [0.1, 0.15) is 0 Å². The molecule has 2 aromatic heterocycles. The fraction of sp³-hybridized carbons (Fsp3) is 0.200. The van der Waals surface area contributed by atoms with Crippen molar-refractivity contribution >= 4 is 23.4 Å². The molecule has 0 saturated carbocycles. The number of benzene rings is 1. The van der Waals surface area contributed by atoms with Crippen molar-refractivity contribution in [2.24, 2.45) is 7.05 Å². The van der Waals surface area contributed by atoms with E-state index in [1.54, 1.807) is 18.0 Å². The van der Waals surface area contributed by atoms with Gasteiger partial charge in [-0.3, -0.25) is 0 Å². The summed E-state index contributed by atoms with van der Waals surface area (Å²) in [6.07, 6.45) is 1.63. The van der Waals surface area contributed by atoms with Crippen molar-refractivity contribution < 1.29 is 4.42 Å². The predicted molar refractivity (Wildman–Crippen MR) is 84.4 cm³/mol. The zero-order chi connectivity index (χ0) is 14.8. The average molecular weight is 320 g/mol. The first-order valence-electron chi connectivity index (χ1n) is 6.51. The summed E-state index contributed by atoms with van der Waals surface area (Å²) in [5, 5.41) is 10.2. The van der Waals surface area contributed by atoms with Crippen LogP contribution < -0.4 is 0 Å². The van der Waals surface area contributed by atoms with E-state index in [1.165, 1.54) is 0 Å². The molecule has 108 valence electrons. The molecule has 0 aliphatic heterocycles. The van der Waals surface area contributed by atoms with Gasteiger partial charge in [-0.05, 0) is 30.7 Å². The Labute approximate surface area is 132 Å². The van der Waals surface area contributed by atoms with Gasteiger partial charge in [0, 0.05) is 17.3 Å². The molecule has 3 aromatic rings. The summed E-state index contributed by atoms with van der Waals surface area (Å²) in [5.74, 6) is 1.43. The summed E-state index contributed by atoms with van der Waals surface area (Å²) in [4.78, 5) is 0. The molecule has 0 bridgehead atoms. The maximum atomic E-state index is 6.24. The Morgan fingerprint density at radius 2 is 2.00 bits per heavy atom. The molecule has 21 heavy (non-hydrogen) atoms. The Hall–Kier alpha value is -1.72. The van der Waals surface area contributed by atoms with Crippen LogP contribution in [0.15, 0.2) is 52.2 Å². The van der Waals surface area contributed by atoms with Crippen LogP contribution in [0.3, 0.4) is 0 Å². The zero-order valence-electron chi connectivity index (χ0n) is 11.7. The highest BCUT2D eigenvalue weighted by atomic mass is 35.5. The van der Waals surface area contributed by atoms with Crippen LogP contribution >= 0.6 is 23.4 Å². The van der Waals surface area contributed by atoms with Crippen LogP contribution in [0.5, 0.6) is 0 Å². The first kappa shape index (κ1) is 14.2. The summed E-state index contributed by atoms with van der Waals surface area (Å²) in [7, 11) is 1.93. The number of furan rings is 1. The molecular weight excluding hydrogens is 306 g/mol. The van der Waals surface area contributed by atoms with Gasteiger partial charge in [0.05, 0.1) is 6.26 Å². The number of rotatable bonds is 4. The Morgan fingerprint density at radius 1 is 1.19 bits per heavy atom. The SMILES string of the molecule is C[C@@H](Sc1nnc(-c2ccco2)n1C)c1ccccc1Cl. The molecule has 6 heteroatoms. The van der Waals surface area contributed by atoms with Crippen molar-refractivity contribution in [3.05, 3.63) is 53.2 Å². The molecule has 0 radical (unpaired) electrons. The van der Waals surface area contributed by atoms with Crippen LogP contribution in [0.2, 0.25) is 5.02 Å². The number of nitrogens with zero attached hydrogens (tertiary/aromatic N) is 3. The van der Waals surface area contributed by atoms with E-state index in [0.29, 0.717) is 11.6 Å². The largest absolute Gasteiger partial charge is 0.461 e. The number of hydrogen-bond donors (Lipinski definition) is 0. The average Bonchev–Trinajstić information content (AvgIpc) is 3.10. The third-order valence-electron chi connectivity index (χ3n) is 3.20. The van der Waals surface area contributed by atoms with E-state index >= 15 is 0 Å². The van der Waals surface area contributed by atoms with Crippen molar-refractivity contribution in [2.45, 2.75) is 17.3 Å². The van der Waals surface area contributed by atoms with Crippen LogP contribution in [0.1, 0.15) is 17.7 Å². The van der Waals surface area contributed by atoms with Gasteiger partial charge in [-0.2, -0.15) is 0 Å². The van der Waals surface area contributed by atoms with Crippen molar-refractivity contribution in [3.63, 3.8) is 0 Å². The minimum absolute atomic E-state index is 0.186. The number of thioether (sulfide) groups is 1. The first-order chi connectivity index (χ1) is 10.2. The Kier molecular flexibility index (Phi) is 4.03. The molecule has 0 aliphatic carbocycles. The third-order valence-corrected chi connectivity index (χ3v) is 4.72. The maximum absolute atomic E-state index is 6.24. The molecule has 0 N–H and O–H groups in total. The van der Waals surface area contributed by atoms with Crippen molar-refractivity contribution in [2.75, 3.05) is 0 Å². The highest BCUT2D eigenvalue weighted by Crippen LogP contribution is 2.37. The van der Waals surface area contributed by atoms with Gasteiger partial charge in [0.15, 0.2) is 16.7 Å². The lowest BCUT2D eigenvalue weighted by atomic mass is 10.2. The van der Waals surface area contributed by atoms with Crippen LogP contribution in [0.4, 0.5) is 0 Å². The minimum atomic E-state index is 0.186. The molecule has 0 fully saturated rings. The molecule has 4 nitrogen and oxygen atoms in total. The number of halogens is 1. The van der Waals surface area contributed by atoms with Gasteiger partial charge in [-0.25, -0.2) is 0 Å². The predicted octanol–water partition coefficient (Wildman–Crippen LogP) is 4.58. The molecule has 0 spiro atoms. The molecule has 0 unspecified atom stereocenters. The maximum Gasteiger partial charge on any atom is 0.200 e. The van der Waals surface area contributed by atoms with E-state index in [0.717, 1.165) is 15.7 Å². The van der Waals surface area contributed by atoms with Crippen LogP contribution in [-0.2, 0) is 7.05 Å². The summed E-state index contributed by atoms with van der Waals surface area (Å²) in [5.41, 5.74) is 1.09. The highest BCUT2D eigenvalue weighted by molar-refractivity contribution is 7.99. The fourth-order valence-electron chi connectivity index (χ4n) is 2.06. The topological polar surface area (TPSA) is 43.9 Å². The second kappa shape index (κ2) is 5.95. The van der Waals surface area contributed by atoms with E-state index in [9.17, 15) is 0 Å². The molecular formula is C15H14ClN3OS. The van der Waals surface area contributed by atoms with E-state index < -0.39 is 0 Å². The fourth-order valence-corrected chi connectivity index (χ4v) is 3.41. The summed E-state index contributed by atoms with van der Waals surface area (Å²) < 4.78 is 7.30. The van der Waals surface area contributed by atoms with Gasteiger partial charge in [0.2, 0.25) is 0 Å². The normalized spacial score (nSPS) is 12.5. The van der Waals surface area contributed by atoms with Crippen molar-refractivity contribution in [1.82, 2.24) is 14.8 Å². The molecule has 0 saturated heterocycles. The van der Waals surface area contributed by atoms with Crippen LogP contribution in [0.25, 0.3) is 11.6 Å². The molecule has 1 atom stereocenters. The lowest BCUT2D eigenvalue weighted by Crippen LogP contribution is -1.96. The Bertz CT molecular complexity index is 739.